The van der Waals surface area contributed by atoms with Crippen LogP contribution in [0.15, 0.2) is 12.1 Å². The van der Waals surface area contributed by atoms with E-state index >= 15 is 0 Å². The summed E-state index contributed by atoms with van der Waals surface area (Å²) in [6, 6.07) is 2.72. The van der Waals surface area contributed by atoms with Gasteiger partial charge in [-0.05, 0) is 12.1 Å². The Balaban J connectivity index is 2.84. The lowest BCUT2D eigenvalue weighted by Crippen LogP contribution is -2.33. The molecule has 106 valence electrons. The van der Waals surface area contributed by atoms with Crippen molar-refractivity contribution in [3.8, 4) is 5.75 Å². The van der Waals surface area contributed by atoms with Gasteiger partial charge < -0.3 is 4.74 Å². The Kier molecular flexibility index (Phi) is 5.46. The van der Waals surface area contributed by atoms with Gasteiger partial charge in [-0.25, -0.2) is 8.42 Å². The molecule has 0 unspecified atom stereocenters. The average Bonchev–Trinajstić information content (AvgIpc) is 2.21. The molecule has 0 N–H and O–H groups in total. The minimum absolute atomic E-state index is 0.0559. The molecule has 0 aliphatic rings. The van der Waals surface area contributed by atoms with Crippen molar-refractivity contribution >= 4 is 50.8 Å². The lowest BCUT2D eigenvalue weighted by atomic mass is 10.3. The van der Waals surface area contributed by atoms with E-state index in [1.54, 1.807) is 0 Å². The van der Waals surface area contributed by atoms with E-state index in [2.05, 4.69) is 0 Å². The van der Waals surface area contributed by atoms with Gasteiger partial charge in [0, 0.05) is 12.1 Å². The number of esters is 1. The lowest BCUT2D eigenvalue weighted by Gasteiger charge is -2.14. The summed E-state index contributed by atoms with van der Waals surface area (Å²) in [6.07, 6.45) is 0.975. The number of carbonyl (C=O) groups excluding carboxylic acids is 1. The molecule has 0 aromatic heterocycles. The summed E-state index contributed by atoms with van der Waals surface area (Å²) in [6.45, 7) is -0.450. The van der Waals surface area contributed by atoms with Crippen LogP contribution in [-0.4, -0.2) is 38.5 Å². The van der Waals surface area contributed by atoms with Gasteiger partial charge >= 0.3 is 5.97 Å². The highest BCUT2D eigenvalue weighted by Gasteiger charge is 2.19. The normalized spacial score (nSPS) is 11.7. The molecular formula is C10H10Cl3NO4S. The molecule has 0 radical (unpaired) electrons. The lowest BCUT2D eigenvalue weighted by molar-refractivity contribution is -0.134. The molecule has 0 amide bonds. The number of carbonyl (C=O) groups is 1. The SMILES string of the molecule is CN(CC(=O)Oc1c(Cl)cc(Cl)cc1Cl)S(C)(=O)=O. The predicted octanol–water partition coefficient (Wildman–Crippen LogP) is 2.44. The monoisotopic (exact) mass is 345 g/mol. The van der Waals surface area contributed by atoms with Gasteiger partial charge in [-0.3, -0.25) is 4.79 Å². The van der Waals surface area contributed by atoms with Crippen molar-refractivity contribution in [2.75, 3.05) is 19.8 Å². The number of hydrogen-bond donors (Lipinski definition) is 0. The number of benzene rings is 1. The van der Waals surface area contributed by atoms with E-state index in [1.165, 1.54) is 19.2 Å². The van der Waals surface area contributed by atoms with Gasteiger partial charge in [-0.1, -0.05) is 34.8 Å². The summed E-state index contributed by atoms with van der Waals surface area (Å²) >= 11 is 17.4. The molecule has 1 rings (SSSR count). The van der Waals surface area contributed by atoms with Crippen molar-refractivity contribution in [2.24, 2.45) is 0 Å². The topological polar surface area (TPSA) is 63.7 Å². The van der Waals surface area contributed by atoms with Crippen molar-refractivity contribution in [3.63, 3.8) is 0 Å². The summed E-state index contributed by atoms with van der Waals surface area (Å²) in [7, 11) is -2.22. The van der Waals surface area contributed by atoms with Crippen molar-refractivity contribution in [1.29, 1.82) is 0 Å². The number of nitrogens with zero attached hydrogens (tertiary/aromatic N) is 1. The van der Waals surface area contributed by atoms with E-state index in [9.17, 15) is 13.2 Å². The molecule has 0 aliphatic heterocycles. The van der Waals surface area contributed by atoms with E-state index in [1.807, 2.05) is 0 Å². The fourth-order valence-corrected chi connectivity index (χ4v) is 2.31. The van der Waals surface area contributed by atoms with Crippen molar-refractivity contribution in [3.05, 3.63) is 27.2 Å². The Morgan fingerprint density at radius 3 is 2.16 bits per heavy atom. The maximum Gasteiger partial charge on any atom is 0.326 e. The summed E-state index contributed by atoms with van der Waals surface area (Å²) in [5.41, 5.74) is 0. The smallest absolute Gasteiger partial charge is 0.326 e. The van der Waals surface area contributed by atoms with Crippen LogP contribution in [0.2, 0.25) is 15.1 Å². The van der Waals surface area contributed by atoms with Gasteiger partial charge in [0.05, 0.1) is 16.3 Å². The third-order valence-electron chi connectivity index (χ3n) is 2.10. The Morgan fingerprint density at radius 2 is 1.74 bits per heavy atom. The Labute approximate surface area is 126 Å². The molecule has 0 fully saturated rings. The molecular weight excluding hydrogens is 337 g/mol. The zero-order valence-corrected chi connectivity index (χ0v) is 13.1. The van der Waals surface area contributed by atoms with Crippen LogP contribution in [0.3, 0.4) is 0 Å². The Hall–Kier alpha value is -0.530. The highest BCUT2D eigenvalue weighted by Crippen LogP contribution is 2.35. The molecule has 1 aromatic carbocycles. The molecule has 1 aromatic rings. The maximum atomic E-state index is 11.6. The molecule has 0 aliphatic carbocycles. The second kappa shape index (κ2) is 6.28. The Morgan fingerprint density at radius 1 is 1.26 bits per heavy atom. The fraction of sp³-hybridized carbons (Fsp3) is 0.300. The zero-order chi connectivity index (χ0) is 14.8. The van der Waals surface area contributed by atoms with Gasteiger partial charge in [-0.15, -0.1) is 0 Å². The zero-order valence-electron chi connectivity index (χ0n) is 9.98. The maximum absolute atomic E-state index is 11.6. The summed E-state index contributed by atoms with van der Waals surface area (Å²) < 4.78 is 28.1. The first-order valence-electron chi connectivity index (χ1n) is 4.88. The first-order valence-corrected chi connectivity index (χ1v) is 7.86. The molecule has 5 nitrogen and oxygen atoms in total. The second-order valence-electron chi connectivity index (χ2n) is 3.69. The number of halogens is 3. The Bertz CT molecular complexity index is 580. The molecule has 0 atom stereocenters. The van der Waals surface area contributed by atoms with Crippen LogP contribution < -0.4 is 4.74 Å². The quantitative estimate of drug-likeness (QED) is 0.620. The molecule has 19 heavy (non-hydrogen) atoms. The van der Waals surface area contributed by atoms with Crippen LogP contribution in [0.4, 0.5) is 0 Å². The third-order valence-corrected chi connectivity index (χ3v) is 4.14. The van der Waals surface area contributed by atoms with Gasteiger partial charge in [0.25, 0.3) is 0 Å². The van der Waals surface area contributed by atoms with Crippen molar-refractivity contribution in [1.82, 2.24) is 4.31 Å². The largest absolute Gasteiger partial charge is 0.422 e. The van der Waals surface area contributed by atoms with E-state index in [0.29, 0.717) is 5.02 Å². The molecule has 0 bridgehead atoms. The minimum atomic E-state index is -3.47. The van der Waals surface area contributed by atoms with Gasteiger partial charge in [0.15, 0.2) is 5.75 Å². The number of rotatable bonds is 4. The van der Waals surface area contributed by atoms with Crippen LogP contribution in [0.1, 0.15) is 0 Å². The molecule has 0 heterocycles. The first-order chi connectivity index (χ1) is 8.61. The summed E-state index contributed by atoms with van der Waals surface area (Å²) in [5, 5.41) is 0.420. The van der Waals surface area contributed by atoms with Crippen molar-refractivity contribution < 1.29 is 17.9 Å². The van der Waals surface area contributed by atoms with E-state index in [-0.39, 0.29) is 15.8 Å². The fourth-order valence-electron chi connectivity index (χ4n) is 1.07. The van der Waals surface area contributed by atoms with Crippen LogP contribution in [0.25, 0.3) is 0 Å². The second-order valence-corrected chi connectivity index (χ2v) is 7.03. The van der Waals surface area contributed by atoms with E-state index in [0.717, 1.165) is 10.6 Å². The number of ether oxygens (including phenoxy) is 1. The summed E-state index contributed by atoms with van der Waals surface area (Å²) in [5.74, 6) is -0.862. The number of sulfonamides is 1. The van der Waals surface area contributed by atoms with Crippen LogP contribution >= 0.6 is 34.8 Å². The van der Waals surface area contributed by atoms with Crippen LogP contribution in [0.5, 0.6) is 5.75 Å². The number of hydrogen-bond acceptors (Lipinski definition) is 4. The first kappa shape index (κ1) is 16.5. The minimum Gasteiger partial charge on any atom is -0.422 e. The highest BCUT2D eigenvalue weighted by atomic mass is 35.5. The van der Waals surface area contributed by atoms with Crippen LogP contribution in [0, 0.1) is 0 Å². The van der Waals surface area contributed by atoms with Gasteiger partial charge in [0.1, 0.15) is 6.54 Å². The molecule has 0 spiro atoms. The molecule has 9 heteroatoms. The van der Waals surface area contributed by atoms with Gasteiger partial charge in [-0.2, -0.15) is 4.31 Å². The van der Waals surface area contributed by atoms with Gasteiger partial charge in [0.2, 0.25) is 10.0 Å². The third kappa shape index (κ3) is 4.81. The summed E-state index contributed by atoms with van der Waals surface area (Å²) in [4.78, 5) is 11.6. The average molecular weight is 347 g/mol. The van der Waals surface area contributed by atoms with Crippen LogP contribution in [-0.2, 0) is 14.8 Å². The molecule has 0 saturated heterocycles. The van der Waals surface area contributed by atoms with Crippen molar-refractivity contribution in [2.45, 2.75) is 0 Å². The standard InChI is InChI=1S/C10H10Cl3NO4S/c1-14(19(2,16)17)5-9(15)18-10-7(12)3-6(11)4-8(10)13/h3-4H,5H2,1-2H3. The molecule has 0 saturated carbocycles. The van der Waals surface area contributed by atoms with E-state index < -0.39 is 22.5 Å². The number of likely N-dealkylation sites (N-methyl/N-ethyl adjacent to an activating group) is 1. The van der Waals surface area contributed by atoms with E-state index in [4.69, 9.17) is 39.5 Å². The highest BCUT2D eigenvalue weighted by molar-refractivity contribution is 7.88. The predicted molar refractivity (Wildman–Crippen MR) is 74.6 cm³/mol.